The average Bonchev–Trinajstić information content (AvgIpc) is 2.01. The molecule has 0 saturated heterocycles. The van der Waals surface area contributed by atoms with Crippen molar-refractivity contribution in [3.8, 4) is 0 Å². The molecule has 0 aliphatic carbocycles. The molecular formula is C7H10FN3. The molecule has 0 saturated carbocycles. The molecule has 0 amide bonds. The zero-order valence-corrected chi connectivity index (χ0v) is 6.34. The van der Waals surface area contributed by atoms with Crippen LogP contribution in [-0.4, -0.2) is 16.5 Å². The van der Waals surface area contributed by atoms with E-state index in [1.807, 2.05) is 6.92 Å². The summed E-state index contributed by atoms with van der Waals surface area (Å²) in [4.78, 5) is 7.14. The van der Waals surface area contributed by atoms with E-state index in [9.17, 15) is 4.39 Å². The summed E-state index contributed by atoms with van der Waals surface area (Å²) in [5.74, 6) is 0.0398. The highest BCUT2D eigenvalue weighted by Gasteiger charge is 1.94. The van der Waals surface area contributed by atoms with Crippen LogP contribution in [0.4, 0.5) is 10.2 Å². The number of hydrogen-bond donors (Lipinski definition) is 1. The van der Waals surface area contributed by atoms with E-state index in [2.05, 4.69) is 15.3 Å². The van der Waals surface area contributed by atoms with E-state index >= 15 is 0 Å². The Balaban J connectivity index is 2.56. The molecular weight excluding hydrogens is 145 g/mol. The highest BCUT2D eigenvalue weighted by Crippen LogP contribution is 2.01. The molecule has 0 aromatic carbocycles. The fourth-order valence-electron chi connectivity index (χ4n) is 0.683. The number of rotatable bonds is 3. The van der Waals surface area contributed by atoms with E-state index in [0.717, 1.165) is 13.0 Å². The molecule has 1 heterocycles. The van der Waals surface area contributed by atoms with Gasteiger partial charge in [0.15, 0.2) is 0 Å². The normalized spacial score (nSPS) is 9.64. The molecule has 0 aliphatic heterocycles. The number of aromatic nitrogens is 2. The van der Waals surface area contributed by atoms with E-state index in [-0.39, 0.29) is 0 Å². The summed E-state index contributed by atoms with van der Waals surface area (Å²) in [5.41, 5.74) is 0. The molecule has 0 radical (unpaired) electrons. The van der Waals surface area contributed by atoms with Crippen molar-refractivity contribution in [3.63, 3.8) is 0 Å². The summed E-state index contributed by atoms with van der Waals surface area (Å²) in [7, 11) is 0. The zero-order valence-electron chi connectivity index (χ0n) is 6.34. The molecule has 60 valence electrons. The minimum atomic E-state index is -0.501. The van der Waals surface area contributed by atoms with Crippen LogP contribution in [0, 0.1) is 5.95 Å². The van der Waals surface area contributed by atoms with Crippen molar-refractivity contribution in [2.45, 2.75) is 13.3 Å². The van der Waals surface area contributed by atoms with Gasteiger partial charge in [-0.25, -0.2) is 9.97 Å². The van der Waals surface area contributed by atoms with Crippen LogP contribution in [0.25, 0.3) is 0 Å². The van der Waals surface area contributed by atoms with Gasteiger partial charge in [0, 0.05) is 12.6 Å². The van der Waals surface area contributed by atoms with Crippen LogP contribution >= 0.6 is 0 Å². The molecule has 4 heteroatoms. The summed E-state index contributed by atoms with van der Waals surface area (Å²) in [6.45, 7) is 2.83. The molecule has 0 spiro atoms. The first-order valence-corrected chi connectivity index (χ1v) is 3.54. The molecule has 0 aliphatic rings. The van der Waals surface area contributed by atoms with Gasteiger partial charge in [-0.05, 0) is 6.42 Å². The van der Waals surface area contributed by atoms with Crippen LogP contribution in [0.5, 0.6) is 0 Å². The predicted octanol–water partition coefficient (Wildman–Crippen LogP) is 1.44. The third kappa shape index (κ3) is 2.49. The van der Waals surface area contributed by atoms with E-state index in [0.29, 0.717) is 5.82 Å². The van der Waals surface area contributed by atoms with E-state index in [1.54, 1.807) is 0 Å². The van der Waals surface area contributed by atoms with E-state index in [1.165, 1.54) is 12.4 Å². The minimum absolute atomic E-state index is 0.501. The van der Waals surface area contributed by atoms with Crippen LogP contribution in [0.3, 0.4) is 0 Å². The second-order valence-electron chi connectivity index (χ2n) is 2.15. The first-order chi connectivity index (χ1) is 5.33. The average molecular weight is 155 g/mol. The van der Waals surface area contributed by atoms with Crippen LogP contribution in [0.2, 0.25) is 0 Å². The maximum Gasteiger partial charge on any atom is 0.217 e. The predicted molar refractivity (Wildman–Crippen MR) is 40.8 cm³/mol. The molecule has 1 aromatic heterocycles. The topological polar surface area (TPSA) is 37.8 Å². The molecule has 11 heavy (non-hydrogen) atoms. The van der Waals surface area contributed by atoms with Gasteiger partial charge >= 0.3 is 0 Å². The van der Waals surface area contributed by atoms with Gasteiger partial charge in [-0.1, -0.05) is 6.92 Å². The maximum absolute atomic E-state index is 12.4. The molecule has 1 aromatic rings. The fraction of sp³-hybridized carbons (Fsp3) is 0.429. The monoisotopic (exact) mass is 155 g/mol. The fourth-order valence-corrected chi connectivity index (χ4v) is 0.683. The van der Waals surface area contributed by atoms with Gasteiger partial charge in [0.1, 0.15) is 12.1 Å². The Morgan fingerprint density at radius 1 is 1.55 bits per heavy atom. The summed E-state index contributed by atoms with van der Waals surface area (Å²) in [6, 6.07) is 1.27. The van der Waals surface area contributed by atoms with Gasteiger partial charge in [-0.3, -0.25) is 0 Å². The molecule has 1 rings (SSSR count). The third-order valence-electron chi connectivity index (χ3n) is 1.19. The summed E-state index contributed by atoms with van der Waals surface area (Å²) >= 11 is 0. The van der Waals surface area contributed by atoms with Crippen LogP contribution < -0.4 is 5.32 Å². The number of halogens is 1. The van der Waals surface area contributed by atoms with Gasteiger partial charge in [0.2, 0.25) is 5.95 Å². The summed E-state index contributed by atoms with van der Waals surface area (Å²) < 4.78 is 12.4. The lowest BCUT2D eigenvalue weighted by Crippen LogP contribution is -2.02. The molecule has 0 unspecified atom stereocenters. The van der Waals surface area contributed by atoms with Crippen molar-refractivity contribution < 1.29 is 4.39 Å². The van der Waals surface area contributed by atoms with Crippen LogP contribution in [0.15, 0.2) is 12.4 Å². The van der Waals surface area contributed by atoms with Crippen LogP contribution in [0.1, 0.15) is 13.3 Å². The van der Waals surface area contributed by atoms with Gasteiger partial charge in [0.05, 0.1) is 0 Å². The second-order valence-corrected chi connectivity index (χ2v) is 2.15. The van der Waals surface area contributed by atoms with Crippen molar-refractivity contribution in [1.29, 1.82) is 0 Å². The number of nitrogens with one attached hydrogen (secondary N) is 1. The minimum Gasteiger partial charge on any atom is -0.370 e. The van der Waals surface area contributed by atoms with E-state index < -0.39 is 5.95 Å². The summed E-state index contributed by atoms with van der Waals surface area (Å²) in [6.07, 6.45) is 2.19. The first kappa shape index (κ1) is 7.91. The smallest absolute Gasteiger partial charge is 0.217 e. The number of nitrogens with zero attached hydrogens (tertiary/aromatic N) is 2. The highest BCUT2D eigenvalue weighted by atomic mass is 19.1. The standard InChI is InChI=1S/C7H10FN3/c1-2-3-9-7-4-6(8)10-5-11-7/h4-5H,2-3H2,1H3,(H,9,10,11). The second kappa shape index (κ2) is 3.85. The Morgan fingerprint density at radius 2 is 2.36 bits per heavy atom. The first-order valence-electron chi connectivity index (χ1n) is 3.54. The molecule has 3 nitrogen and oxygen atoms in total. The lowest BCUT2D eigenvalue weighted by atomic mass is 10.4. The lowest BCUT2D eigenvalue weighted by Gasteiger charge is -2.00. The van der Waals surface area contributed by atoms with E-state index in [4.69, 9.17) is 0 Å². The number of hydrogen-bond acceptors (Lipinski definition) is 3. The quantitative estimate of drug-likeness (QED) is 0.671. The summed E-state index contributed by atoms with van der Waals surface area (Å²) in [5, 5.41) is 2.94. The van der Waals surface area contributed by atoms with Crippen LogP contribution in [-0.2, 0) is 0 Å². The molecule has 0 bridgehead atoms. The van der Waals surface area contributed by atoms with Gasteiger partial charge in [0.25, 0.3) is 0 Å². The van der Waals surface area contributed by atoms with Gasteiger partial charge in [-0.2, -0.15) is 4.39 Å². The molecule has 0 fully saturated rings. The van der Waals surface area contributed by atoms with Crippen molar-refractivity contribution in [3.05, 3.63) is 18.3 Å². The molecule has 0 atom stereocenters. The van der Waals surface area contributed by atoms with Crippen molar-refractivity contribution in [2.24, 2.45) is 0 Å². The highest BCUT2D eigenvalue weighted by molar-refractivity contribution is 5.31. The third-order valence-corrected chi connectivity index (χ3v) is 1.19. The maximum atomic E-state index is 12.4. The van der Waals surface area contributed by atoms with Crippen molar-refractivity contribution >= 4 is 5.82 Å². The number of anilines is 1. The Kier molecular flexibility index (Phi) is 2.77. The Morgan fingerprint density at radius 3 is 3.00 bits per heavy atom. The van der Waals surface area contributed by atoms with Gasteiger partial charge < -0.3 is 5.32 Å². The van der Waals surface area contributed by atoms with Gasteiger partial charge in [-0.15, -0.1) is 0 Å². The van der Waals surface area contributed by atoms with Crippen molar-refractivity contribution in [1.82, 2.24) is 9.97 Å². The Bertz CT molecular complexity index is 227. The SMILES string of the molecule is CCCNc1cc(F)ncn1. The molecule has 1 N–H and O–H groups in total. The lowest BCUT2D eigenvalue weighted by molar-refractivity contribution is 0.580. The zero-order chi connectivity index (χ0) is 8.10. The largest absolute Gasteiger partial charge is 0.370 e. The Hall–Kier alpha value is -1.19. The van der Waals surface area contributed by atoms with Crippen molar-refractivity contribution in [2.75, 3.05) is 11.9 Å². The Labute approximate surface area is 64.7 Å².